The third-order valence-corrected chi connectivity index (χ3v) is 4.02. The monoisotopic (exact) mass is 301 g/mol. The highest BCUT2D eigenvalue weighted by Crippen LogP contribution is 2.33. The summed E-state index contributed by atoms with van der Waals surface area (Å²) in [5.41, 5.74) is 8.61. The summed E-state index contributed by atoms with van der Waals surface area (Å²) < 4.78 is 14.1. The number of rotatable bonds is 3. The first kappa shape index (κ1) is 14.3. The summed E-state index contributed by atoms with van der Waals surface area (Å²) in [4.78, 5) is 12.5. The molecule has 0 amide bonds. The number of fused-ring (bicyclic) bond motifs is 1. The maximum Gasteiger partial charge on any atom is 0.277 e. The molecule has 0 atom stereocenters. The summed E-state index contributed by atoms with van der Waals surface area (Å²) >= 11 is 0. The summed E-state index contributed by atoms with van der Waals surface area (Å²) in [6.45, 7) is 0.890. The van der Waals surface area contributed by atoms with Gasteiger partial charge in [0.25, 0.3) is 5.69 Å². The van der Waals surface area contributed by atoms with Crippen LogP contribution in [0.3, 0.4) is 0 Å². The molecule has 0 radical (unpaired) electrons. The topological polar surface area (TPSA) is 72.4 Å². The predicted octanol–water partition coefficient (Wildman–Crippen LogP) is 3.27. The largest absolute Gasteiger partial charge is 0.398 e. The fourth-order valence-electron chi connectivity index (χ4n) is 2.96. The fourth-order valence-corrected chi connectivity index (χ4v) is 2.96. The molecule has 6 heteroatoms. The van der Waals surface area contributed by atoms with Crippen LogP contribution >= 0.6 is 0 Å². The van der Waals surface area contributed by atoms with Crippen LogP contribution in [0.1, 0.15) is 17.5 Å². The number of benzene rings is 2. The number of hydrogen-bond donors (Lipinski definition) is 1. The first-order valence-electron chi connectivity index (χ1n) is 7.12. The molecule has 114 valence electrons. The minimum Gasteiger partial charge on any atom is -0.398 e. The van der Waals surface area contributed by atoms with Crippen molar-refractivity contribution in [3.63, 3.8) is 0 Å². The maximum absolute atomic E-state index is 14.1. The van der Waals surface area contributed by atoms with Gasteiger partial charge in [0.2, 0.25) is 0 Å². The molecule has 1 aliphatic heterocycles. The number of nitrogens with two attached hydrogens (primary N) is 1. The van der Waals surface area contributed by atoms with Crippen molar-refractivity contribution in [3.8, 4) is 0 Å². The lowest BCUT2D eigenvalue weighted by Crippen LogP contribution is -2.30. The van der Waals surface area contributed by atoms with Crippen molar-refractivity contribution in [3.05, 3.63) is 63.5 Å². The minimum atomic E-state index is -0.551. The van der Waals surface area contributed by atoms with Crippen molar-refractivity contribution in [2.24, 2.45) is 0 Å². The van der Waals surface area contributed by atoms with Gasteiger partial charge in [0.05, 0.1) is 17.0 Å². The van der Waals surface area contributed by atoms with Crippen LogP contribution in [0.15, 0.2) is 36.4 Å². The van der Waals surface area contributed by atoms with E-state index in [4.69, 9.17) is 5.73 Å². The van der Waals surface area contributed by atoms with E-state index in [0.717, 1.165) is 30.6 Å². The molecule has 22 heavy (non-hydrogen) atoms. The summed E-state index contributed by atoms with van der Waals surface area (Å²) in [7, 11) is 0. The van der Waals surface area contributed by atoms with Gasteiger partial charge in [-0.1, -0.05) is 12.1 Å². The molecule has 3 rings (SSSR count). The molecule has 0 saturated carbocycles. The Morgan fingerprint density at radius 1 is 1.27 bits per heavy atom. The summed E-state index contributed by atoms with van der Waals surface area (Å²) in [5, 5.41) is 11.1. The Balaban J connectivity index is 2.00. The first-order valence-corrected chi connectivity index (χ1v) is 7.12. The van der Waals surface area contributed by atoms with Gasteiger partial charge < -0.3 is 10.6 Å². The molecule has 0 saturated heterocycles. The number of anilines is 2. The van der Waals surface area contributed by atoms with Crippen molar-refractivity contribution in [1.82, 2.24) is 0 Å². The molecule has 2 aromatic rings. The van der Waals surface area contributed by atoms with Gasteiger partial charge in [0.15, 0.2) is 0 Å². The predicted molar refractivity (Wildman–Crippen MR) is 83.3 cm³/mol. The number of nitrogens with zero attached hydrogens (tertiary/aromatic N) is 2. The van der Waals surface area contributed by atoms with Gasteiger partial charge in [-0.3, -0.25) is 10.1 Å². The minimum absolute atomic E-state index is 0.114. The molecule has 2 aromatic carbocycles. The van der Waals surface area contributed by atoms with Crippen molar-refractivity contribution in [1.29, 1.82) is 0 Å². The summed E-state index contributed by atoms with van der Waals surface area (Å²) in [6, 6.07) is 9.57. The van der Waals surface area contributed by atoms with E-state index < -0.39 is 10.7 Å². The summed E-state index contributed by atoms with van der Waals surface area (Å²) in [6.07, 6.45) is 1.77. The van der Waals surface area contributed by atoms with Gasteiger partial charge in [-0.25, -0.2) is 4.39 Å². The zero-order chi connectivity index (χ0) is 15.7. The zero-order valence-electron chi connectivity index (χ0n) is 12.0. The van der Waals surface area contributed by atoms with Crippen LogP contribution in [0.2, 0.25) is 0 Å². The van der Waals surface area contributed by atoms with Gasteiger partial charge in [0, 0.05) is 24.0 Å². The third-order valence-electron chi connectivity index (χ3n) is 4.02. The Labute approximate surface area is 127 Å². The molecule has 1 aliphatic rings. The highest BCUT2D eigenvalue weighted by molar-refractivity contribution is 5.66. The second-order valence-corrected chi connectivity index (χ2v) is 5.36. The number of nitrogen functional groups attached to an aromatic ring is 1. The molecular formula is C16H16FN3O2. The number of hydrogen-bond acceptors (Lipinski definition) is 4. The van der Waals surface area contributed by atoms with Crippen LogP contribution in [0.4, 0.5) is 21.5 Å². The molecule has 0 spiro atoms. The second-order valence-electron chi connectivity index (χ2n) is 5.36. The van der Waals surface area contributed by atoms with Gasteiger partial charge >= 0.3 is 0 Å². The smallest absolute Gasteiger partial charge is 0.277 e. The Morgan fingerprint density at radius 3 is 2.82 bits per heavy atom. The van der Waals surface area contributed by atoms with E-state index in [9.17, 15) is 14.5 Å². The number of halogens is 1. The summed E-state index contributed by atoms with van der Waals surface area (Å²) in [5.74, 6) is -0.551. The average Bonchev–Trinajstić information content (AvgIpc) is 2.50. The molecular weight excluding hydrogens is 285 g/mol. The van der Waals surface area contributed by atoms with Crippen molar-refractivity contribution >= 4 is 17.1 Å². The lowest BCUT2D eigenvalue weighted by Gasteiger charge is -2.32. The molecule has 1 heterocycles. The molecule has 0 bridgehead atoms. The van der Waals surface area contributed by atoms with Crippen LogP contribution < -0.4 is 10.6 Å². The normalized spacial score (nSPS) is 13.8. The molecule has 0 aliphatic carbocycles. The maximum atomic E-state index is 14.1. The van der Waals surface area contributed by atoms with E-state index in [1.54, 1.807) is 0 Å². The standard InChI is InChI=1S/C16H16FN3O2/c17-13-5-1-8-16(20(21)22)12(13)10-19-9-3-4-11-14(18)6-2-7-15(11)19/h1-2,5-8H,3-4,9-10,18H2. The van der Waals surface area contributed by atoms with Gasteiger partial charge in [-0.05, 0) is 36.6 Å². The van der Waals surface area contributed by atoms with Gasteiger partial charge in [0.1, 0.15) is 5.82 Å². The van der Waals surface area contributed by atoms with Crippen LogP contribution in [0.25, 0.3) is 0 Å². The van der Waals surface area contributed by atoms with Gasteiger partial charge in [-0.2, -0.15) is 0 Å². The number of nitro groups is 1. The highest BCUT2D eigenvalue weighted by atomic mass is 19.1. The number of nitro benzene ring substituents is 1. The fraction of sp³-hybridized carbons (Fsp3) is 0.250. The second kappa shape index (κ2) is 5.63. The Morgan fingerprint density at radius 2 is 2.05 bits per heavy atom. The van der Waals surface area contributed by atoms with Crippen LogP contribution in [0.5, 0.6) is 0 Å². The Kier molecular flexibility index (Phi) is 3.66. The van der Waals surface area contributed by atoms with E-state index in [1.807, 2.05) is 23.1 Å². The quantitative estimate of drug-likeness (QED) is 0.536. The van der Waals surface area contributed by atoms with E-state index in [-0.39, 0.29) is 17.8 Å². The van der Waals surface area contributed by atoms with E-state index >= 15 is 0 Å². The Hall–Kier alpha value is -2.63. The van der Waals surface area contributed by atoms with Crippen LogP contribution in [-0.2, 0) is 13.0 Å². The van der Waals surface area contributed by atoms with Gasteiger partial charge in [-0.15, -0.1) is 0 Å². The molecule has 0 unspecified atom stereocenters. The Bertz CT molecular complexity index is 733. The zero-order valence-corrected chi connectivity index (χ0v) is 12.0. The van der Waals surface area contributed by atoms with E-state index in [1.165, 1.54) is 18.2 Å². The molecule has 2 N–H and O–H groups in total. The van der Waals surface area contributed by atoms with E-state index in [2.05, 4.69) is 0 Å². The molecule has 0 fully saturated rings. The SMILES string of the molecule is Nc1cccc2c1CCCN2Cc1c(F)cccc1[N+](=O)[O-]. The lowest BCUT2D eigenvalue weighted by atomic mass is 9.99. The molecule has 5 nitrogen and oxygen atoms in total. The van der Waals surface area contributed by atoms with Crippen LogP contribution in [0, 0.1) is 15.9 Å². The van der Waals surface area contributed by atoms with Crippen LogP contribution in [-0.4, -0.2) is 11.5 Å². The third kappa shape index (κ3) is 2.47. The van der Waals surface area contributed by atoms with Crippen molar-refractivity contribution in [2.75, 3.05) is 17.2 Å². The van der Waals surface area contributed by atoms with E-state index in [0.29, 0.717) is 5.69 Å². The lowest BCUT2D eigenvalue weighted by molar-refractivity contribution is -0.385. The average molecular weight is 301 g/mol. The highest BCUT2D eigenvalue weighted by Gasteiger charge is 2.24. The van der Waals surface area contributed by atoms with Crippen molar-refractivity contribution < 1.29 is 9.31 Å². The van der Waals surface area contributed by atoms with Crippen molar-refractivity contribution in [2.45, 2.75) is 19.4 Å². The molecule has 0 aromatic heterocycles. The first-order chi connectivity index (χ1) is 10.6.